The SMILES string of the molecule is CCN(CC)CCNc1nc(C)nc2sc(C)c(-c3ccc(F)cc3)c12. The summed E-state index contributed by atoms with van der Waals surface area (Å²) in [4.78, 5) is 13.8. The maximum absolute atomic E-state index is 13.3. The number of aryl methyl sites for hydroxylation is 2. The molecule has 26 heavy (non-hydrogen) atoms. The van der Waals surface area contributed by atoms with Gasteiger partial charge in [0.25, 0.3) is 0 Å². The average molecular weight is 373 g/mol. The normalized spacial score (nSPS) is 11.5. The fourth-order valence-corrected chi connectivity index (χ4v) is 4.27. The number of hydrogen-bond donors (Lipinski definition) is 1. The largest absolute Gasteiger partial charge is 0.368 e. The van der Waals surface area contributed by atoms with Crippen molar-refractivity contribution in [3.63, 3.8) is 0 Å². The number of hydrogen-bond acceptors (Lipinski definition) is 5. The van der Waals surface area contributed by atoms with E-state index in [1.807, 2.05) is 19.1 Å². The van der Waals surface area contributed by atoms with Crippen LogP contribution >= 0.6 is 11.3 Å². The summed E-state index contributed by atoms with van der Waals surface area (Å²) in [5.74, 6) is 1.40. The minimum atomic E-state index is -0.226. The van der Waals surface area contributed by atoms with E-state index in [4.69, 9.17) is 0 Å². The molecule has 1 N–H and O–H groups in total. The molecular formula is C20H25FN4S. The highest BCUT2D eigenvalue weighted by molar-refractivity contribution is 7.19. The topological polar surface area (TPSA) is 41.0 Å². The fraction of sp³-hybridized carbons (Fsp3) is 0.400. The van der Waals surface area contributed by atoms with Gasteiger partial charge in [0.15, 0.2) is 0 Å². The first-order chi connectivity index (χ1) is 12.5. The Morgan fingerprint density at radius 1 is 1.08 bits per heavy atom. The molecular weight excluding hydrogens is 347 g/mol. The van der Waals surface area contributed by atoms with Gasteiger partial charge >= 0.3 is 0 Å². The quantitative estimate of drug-likeness (QED) is 0.642. The summed E-state index contributed by atoms with van der Waals surface area (Å²) >= 11 is 1.66. The van der Waals surface area contributed by atoms with Crippen LogP contribution in [0, 0.1) is 19.7 Å². The molecule has 0 radical (unpaired) electrons. The third kappa shape index (κ3) is 3.86. The van der Waals surface area contributed by atoms with Crippen molar-refractivity contribution in [3.05, 3.63) is 40.8 Å². The maximum atomic E-state index is 13.3. The van der Waals surface area contributed by atoms with Crippen LogP contribution in [0.15, 0.2) is 24.3 Å². The third-order valence-electron chi connectivity index (χ3n) is 4.59. The van der Waals surface area contributed by atoms with Crippen molar-refractivity contribution in [2.24, 2.45) is 0 Å². The molecule has 0 aliphatic heterocycles. The summed E-state index contributed by atoms with van der Waals surface area (Å²) in [6.45, 7) is 12.2. The van der Waals surface area contributed by atoms with E-state index in [1.165, 1.54) is 17.0 Å². The van der Waals surface area contributed by atoms with Gasteiger partial charge in [0.2, 0.25) is 0 Å². The van der Waals surface area contributed by atoms with Gasteiger partial charge in [-0.15, -0.1) is 11.3 Å². The Morgan fingerprint density at radius 2 is 1.77 bits per heavy atom. The van der Waals surface area contributed by atoms with Crippen LogP contribution in [-0.2, 0) is 0 Å². The lowest BCUT2D eigenvalue weighted by molar-refractivity contribution is 0.316. The maximum Gasteiger partial charge on any atom is 0.139 e. The number of anilines is 1. The zero-order valence-corrected chi connectivity index (χ0v) is 16.6. The molecule has 2 heterocycles. The Balaban J connectivity index is 2.01. The van der Waals surface area contributed by atoms with Crippen LogP contribution in [0.2, 0.25) is 0 Å². The van der Waals surface area contributed by atoms with Gasteiger partial charge in [-0.2, -0.15) is 0 Å². The lowest BCUT2D eigenvalue weighted by Crippen LogP contribution is -2.28. The van der Waals surface area contributed by atoms with Crippen molar-refractivity contribution >= 4 is 27.4 Å². The van der Waals surface area contributed by atoms with E-state index in [2.05, 4.69) is 41.0 Å². The summed E-state index contributed by atoms with van der Waals surface area (Å²) < 4.78 is 13.3. The van der Waals surface area contributed by atoms with Gasteiger partial charge in [0, 0.05) is 23.5 Å². The van der Waals surface area contributed by atoms with Gasteiger partial charge in [-0.3, -0.25) is 0 Å². The van der Waals surface area contributed by atoms with E-state index in [1.54, 1.807) is 11.3 Å². The van der Waals surface area contributed by atoms with E-state index in [0.717, 1.165) is 59.2 Å². The Bertz CT molecular complexity index is 885. The molecule has 0 bridgehead atoms. The first-order valence-corrected chi connectivity index (χ1v) is 9.85. The molecule has 0 amide bonds. The highest BCUT2D eigenvalue weighted by Crippen LogP contribution is 2.40. The summed E-state index contributed by atoms with van der Waals surface area (Å²) in [5, 5.41) is 4.53. The predicted octanol–water partition coefficient (Wildman–Crippen LogP) is 4.87. The molecule has 0 aliphatic rings. The number of fused-ring (bicyclic) bond motifs is 1. The molecule has 0 spiro atoms. The van der Waals surface area contributed by atoms with E-state index in [-0.39, 0.29) is 5.82 Å². The molecule has 0 unspecified atom stereocenters. The van der Waals surface area contributed by atoms with Crippen molar-refractivity contribution in [3.8, 4) is 11.1 Å². The molecule has 0 aliphatic carbocycles. The van der Waals surface area contributed by atoms with E-state index >= 15 is 0 Å². The second kappa shape index (κ2) is 8.10. The summed E-state index contributed by atoms with van der Waals surface area (Å²) in [6.07, 6.45) is 0. The van der Waals surface area contributed by atoms with Gasteiger partial charge in [-0.05, 0) is 44.6 Å². The van der Waals surface area contributed by atoms with Gasteiger partial charge in [-0.1, -0.05) is 26.0 Å². The third-order valence-corrected chi connectivity index (χ3v) is 5.59. The molecule has 0 saturated heterocycles. The molecule has 2 aromatic heterocycles. The highest BCUT2D eigenvalue weighted by atomic mass is 32.1. The molecule has 4 nitrogen and oxygen atoms in total. The molecule has 1 aromatic carbocycles. The smallest absolute Gasteiger partial charge is 0.139 e. The standard InChI is InChI=1S/C20H25FN4S/c1-5-25(6-2)12-11-22-19-18-17(15-7-9-16(21)10-8-15)13(3)26-20(18)24-14(4)23-19/h7-10H,5-6,11-12H2,1-4H3,(H,22,23,24). The van der Waals surface area contributed by atoms with Crippen LogP contribution < -0.4 is 5.32 Å². The zero-order chi connectivity index (χ0) is 18.7. The summed E-state index contributed by atoms with van der Waals surface area (Å²) in [7, 11) is 0. The zero-order valence-electron chi connectivity index (χ0n) is 15.8. The fourth-order valence-electron chi connectivity index (χ4n) is 3.18. The lowest BCUT2D eigenvalue weighted by atomic mass is 10.0. The number of nitrogens with one attached hydrogen (secondary N) is 1. The second-order valence-electron chi connectivity index (χ2n) is 6.29. The van der Waals surface area contributed by atoms with E-state index in [9.17, 15) is 4.39 Å². The van der Waals surface area contributed by atoms with E-state index < -0.39 is 0 Å². The average Bonchev–Trinajstić information content (AvgIpc) is 2.95. The van der Waals surface area contributed by atoms with Gasteiger partial charge in [0.05, 0.1) is 5.39 Å². The molecule has 3 aromatic rings. The van der Waals surface area contributed by atoms with Gasteiger partial charge in [0.1, 0.15) is 22.3 Å². The Labute approximate surface area is 158 Å². The minimum absolute atomic E-state index is 0.226. The van der Waals surface area contributed by atoms with Gasteiger partial charge < -0.3 is 10.2 Å². The number of rotatable bonds is 7. The van der Waals surface area contributed by atoms with Crippen molar-refractivity contribution < 1.29 is 4.39 Å². The molecule has 138 valence electrons. The van der Waals surface area contributed by atoms with E-state index in [0.29, 0.717) is 0 Å². The first-order valence-electron chi connectivity index (χ1n) is 9.03. The van der Waals surface area contributed by atoms with Crippen molar-refractivity contribution in [1.29, 1.82) is 0 Å². The monoisotopic (exact) mass is 372 g/mol. The van der Waals surface area contributed by atoms with Crippen molar-refractivity contribution in [2.45, 2.75) is 27.7 Å². The molecule has 0 atom stereocenters. The minimum Gasteiger partial charge on any atom is -0.368 e. The number of nitrogens with zero attached hydrogens (tertiary/aromatic N) is 3. The van der Waals surface area contributed by atoms with Crippen LogP contribution in [-0.4, -0.2) is 41.0 Å². The van der Waals surface area contributed by atoms with Crippen molar-refractivity contribution in [1.82, 2.24) is 14.9 Å². The Kier molecular flexibility index (Phi) is 5.84. The predicted molar refractivity (Wildman–Crippen MR) is 109 cm³/mol. The van der Waals surface area contributed by atoms with Crippen LogP contribution in [0.1, 0.15) is 24.5 Å². The van der Waals surface area contributed by atoms with Crippen molar-refractivity contribution in [2.75, 3.05) is 31.5 Å². The Hall–Kier alpha value is -2.05. The summed E-state index contributed by atoms with van der Waals surface area (Å²) in [6, 6.07) is 6.65. The Morgan fingerprint density at radius 3 is 2.42 bits per heavy atom. The highest BCUT2D eigenvalue weighted by Gasteiger charge is 2.17. The molecule has 0 saturated carbocycles. The van der Waals surface area contributed by atoms with Crippen LogP contribution in [0.4, 0.5) is 10.2 Å². The first kappa shape index (κ1) is 18.7. The number of aromatic nitrogens is 2. The number of thiophene rings is 1. The number of halogens is 1. The van der Waals surface area contributed by atoms with Gasteiger partial charge in [-0.25, -0.2) is 14.4 Å². The number of likely N-dealkylation sites (N-methyl/N-ethyl adjacent to an activating group) is 1. The van der Waals surface area contributed by atoms with Crippen LogP contribution in [0.3, 0.4) is 0 Å². The molecule has 3 rings (SSSR count). The van der Waals surface area contributed by atoms with Crippen LogP contribution in [0.25, 0.3) is 21.3 Å². The second-order valence-corrected chi connectivity index (χ2v) is 7.50. The summed E-state index contributed by atoms with van der Waals surface area (Å²) in [5.41, 5.74) is 2.09. The lowest BCUT2D eigenvalue weighted by Gasteiger charge is -2.18. The molecule has 6 heteroatoms. The van der Waals surface area contributed by atoms with Crippen LogP contribution in [0.5, 0.6) is 0 Å². The molecule has 0 fully saturated rings. The number of benzene rings is 1.